The van der Waals surface area contributed by atoms with E-state index in [0.717, 1.165) is 11.1 Å². The zero-order chi connectivity index (χ0) is 14.7. The summed E-state index contributed by atoms with van der Waals surface area (Å²) in [5.74, 6) is 0.626. The van der Waals surface area contributed by atoms with Crippen LogP contribution >= 0.6 is 23.8 Å². The van der Waals surface area contributed by atoms with Crippen LogP contribution in [0.2, 0.25) is 5.02 Å². The second-order valence-electron chi connectivity index (χ2n) is 4.20. The van der Waals surface area contributed by atoms with Crippen LogP contribution in [0.1, 0.15) is 5.56 Å². The van der Waals surface area contributed by atoms with Gasteiger partial charge >= 0.3 is 0 Å². The quantitative estimate of drug-likeness (QED) is 0.594. The number of nitrogens with one attached hydrogen (secondary N) is 1. The Hall–Kier alpha value is -2.31. The van der Waals surface area contributed by atoms with Crippen molar-refractivity contribution >= 4 is 30.0 Å². The van der Waals surface area contributed by atoms with Crippen molar-refractivity contribution in [1.82, 2.24) is 19.9 Å². The predicted octanol–water partition coefficient (Wildman–Crippen LogP) is 3.54. The third kappa shape index (κ3) is 3.07. The van der Waals surface area contributed by atoms with E-state index >= 15 is 0 Å². The van der Waals surface area contributed by atoms with Gasteiger partial charge in [-0.2, -0.15) is 14.9 Å². The maximum Gasteiger partial charge on any atom is 0.216 e. The highest BCUT2D eigenvalue weighted by atomic mass is 35.5. The smallest absolute Gasteiger partial charge is 0.216 e. The van der Waals surface area contributed by atoms with Gasteiger partial charge in [-0.1, -0.05) is 23.7 Å². The Morgan fingerprint density at radius 3 is 2.81 bits per heavy atom. The van der Waals surface area contributed by atoms with Crippen molar-refractivity contribution in [3.8, 4) is 11.4 Å². The molecule has 0 spiro atoms. The molecule has 0 atom stereocenters. The molecule has 5 nitrogen and oxygen atoms in total. The van der Waals surface area contributed by atoms with Gasteiger partial charge in [0.15, 0.2) is 5.82 Å². The number of nitrogens with zero attached hydrogens (tertiary/aromatic N) is 4. The first kappa shape index (κ1) is 13.7. The molecule has 0 aliphatic carbocycles. The molecule has 7 heteroatoms. The number of H-pyrrole nitrogens is 1. The minimum atomic E-state index is 0.417. The van der Waals surface area contributed by atoms with Crippen molar-refractivity contribution in [2.24, 2.45) is 5.10 Å². The molecule has 0 radical (unpaired) electrons. The molecule has 3 aromatic rings. The highest BCUT2D eigenvalue weighted by Gasteiger charge is 2.07. The molecule has 104 valence electrons. The van der Waals surface area contributed by atoms with Gasteiger partial charge in [0.25, 0.3) is 0 Å². The third-order valence-corrected chi connectivity index (χ3v) is 3.26. The average Bonchev–Trinajstić information content (AvgIpc) is 2.87. The van der Waals surface area contributed by atoms with Crippen LogP contribution in [-0.2, 0) is 0 Å². The predicted molar refractivity (Wildman–Crippen MR) is 85.1 cm³/mol. The van der Waals surface area contributed by atoms with E-state index in [9.17, 15) is 0 Å². The average molecular weight is 316 g/mol. The fourth-order valence-electron chi connectivity index (χ4n) is 1.80. The van der Waals surface area contributed by atoms with E-state index in [1.54, 1.807) is 23.3 Å². The summed E-state index contributed by atoms with van der Waals surface area (Å²) in [5.41, 5.74) is 1.76. The van der Waals surface area contributed by atoms with E-state index in [1.165, 1.54) is 0 Å². The summed E-state index contributed by atoms with van der Waals surface area (Å²) in [6, 6.07) is 11.1. The molecule has 2 heterocycles. The second kappa shape index (κ2) is 5.99. The molecule has 0 saturated carbocycles. The Morgan fingerprint density at radius 2 is 2.05 bits per heavy atom. The van der Waals surface area contributed by atoms with Crippen molar-refractivity contribution in [1.29, 1.82) is 0 Å². The molecular weight excluding hydrogens is 306 g/mol. The van der Waals surface area contributed by atoms with Gasteiger partial charge in [0.2, 0.25) is 4.77 Å². The molecule has 1 N–H and O–H groups in total. The maximum atomic E-state index is 5.95. The number of halogens is 1. The van der Waals surface area contributed by atoms with E-state index in [1.807, 2.05) is 36.4 Å². The first-order valence-electron chi connectivity index (χ1n) is 6.12. The van der Waals surface area contributed by atoms with Gasteiger partial charge in [0.05, 0.1) is 6.21 Å². The fourth-order valence-corrected chi connectivity index (χ4v) is 2.18. The van der Waals surface area contributed by atoms with Crippen LogP contribution in [0.4, 0.5) is 0 Å². The number of hydrogen-bond acceptors (Lipinski definition) is 4. The van der Waals surface area contributed by atoms with Crippen LogP contribution in [0, 0.1) is 4.77 Å². The molecule has 0 fully saturated rings. The number of hydrogen-bond donors (Lipinski definition) is 1. The molecule has 0 aliphatic heterocycles. The molecular formula is C14H10ClN5S. The third-order valence-electron chi connectivity index (χ3n) is 2.76. The van der Waals surface area contributed by atoms with Crippen molar-refractivity contribution < 1.29 is 0 Å². The Labute approximate surface area is 130 Å². The Morgan fingerprint density at radius 1 is 1.24 bits per heavy atom. The number of benzene rings is 1. The van der Waals surface area contributed by atoms with E-state index in [0.29, 0.717) is 15.6 Å². The minimum Gasteiger partial charge on any atom is -0.265 e. The van der Waals surface area contributed by atoms with E-state index in [2.05, 4.69) is 20.3 Å². The molecule has 0 saturated heterocycles. The minimum absolute atomic E-state index is 0.417. The summed E-state index contributed by atoms with van der Waals surface area (Å²) < 4.78 is 1.98. The fraction of sp³-hybridized carbons (Fsp3) is 0. The normalized spacial score (nSPS) is 11.1. The number of pyridine rings is 1. The monoisotopic (exact) mass is 315 g/mol. The van der Waals surface area contributed by atoms with Gasteiger partial charge in [-0.05, 0) is 42.0 Å². The van der Waals surface area contributed by atoms with Crippen molar-refractivity contribution in [3.63, 3.8) is 0 Å². The topological polar surface area (TPSA) is 58.9 Å². The standard InChI is InChI=1S/C14H10ClN5S/c15-12-3-1-2-10(8-12)9-17-20-13(18-19-14(20)21)11-4-6-16-7-5-11/h1-9H,(H,19,21)/b17-9+. The van der Waals surface area contributed by atoms with Crippen molar-refractivity contribution in [2.45, 2.75) is 0 Å². The van der Waals surface area contributed by atoms with Crippen molar-refractivity contribution in [2.75, 3.05) is 0 Å². The van der Waals surface area contributed by atoms with Crippen molar-refractivity contribution in [3.05, 3.63) is 64.1 Å². The second-order valence-corrected chi connectivity index (χ2v) is 5.02. The van der Waals surface area contributed by atoms with Gasteiger partial charge in [-0.3, -0.25) is 4.98 Å². The first-order valence-corrected chi connectivity index (χ1v) is 6.90. The molecule has 21 heavy (non-hydrogen) atoms. The zero-order valence-corrected chi connectivity index (χ0v) is 12.3. The van der Waals surface area contributed by atoms with Gasteiger partial charge in [-0.15, -0.1) is 0 Å². The molecule has 0 unspecified atom stereocenters. The van der Waals surface area contributed by atoms with E-state index in [4.69, 9.17) is 23.8 Å². The highest BCUT2D eigenvalue weighted by Crippen LogP contribution is 2.16. The Balaban J connectivity index is 2.00. The lowest BCUT2D eigenvalue weighted by Gasteiger charge is -2.00. The number of rotatable bonds is 3. The Kier molecular flexibility index (Phi) is 3.89. The lowest BCUT2D eigenvalue weighted by atomic mass is 10.2. The molecule has 0 bridgehead atoms. The van der Waals surface area contributed by atoms with Gasteiger partial charge in [0, 0.05) is 23.0 Å². The van der Waals surface area contributed by atoms with Crippen LogP contribution in [0.5, 0.6) is 0 Å². The first-order chi connectivity index (χ1) is 10.2. The molecule has 0 aliphatic rings. The molecule has 3 rings (SSSR count). The van der Waals surface area contributed by atoms with Crippen LogP contribution in [-0.4, -0.2) is 26.1 Å². The summed E-state index contributed by atoms with van der Waals surface area (Å²) in [6.07, 6.45) is 5.07. The van der Waals surface area contributed by atoms with Crippen LogP contribution < -0.4 is 0 Å². The zero-order valence-electron chi connectivity index (χ0n) is 10.8. The number of aromatic nitrogens is 4. The van der Waals surface area contributed by atoms with Crippen LogP contribution in [0.3, 0.4) is 0 Å². The maximum absolute atomic E-state index is 5.95. The van der Waals surface area contributed by atoms with Crippen LogP contribution in [0.25, 0.3) is 11.4 Å². The summed E-state index contributed by atoms with van der Waals surface area (Å²) in [7, 11) is 0. The SMILES string of the molecule is S=c1[nH]nc(-c2ccncc2)n1/N=C/c1cccc(Cl)c1. The summed E-state index contributed by atoms with van der Waals surface area (Å²) in [4.78, 5) is 3.98. The van der Waals surface area contributed by atoms with Crippen LogP contribution in [0.15, 0.2) is 53.9 Å². The lowest BCUT2D eigenvalue weighted by Crippen LogP contribution is -1.95. The molecule has 1 aromatic carbocycles. The van der Waals surface area contributed by atoms with E-state index in [-0.39, 0.29) is 0 Å². The van der Waals surface area contributed by atoms with E-state index < -0.39 is 0 Å². The highest BCUT2D eigenvalue weighted by molar-refractivity contribution is 7.71. The Bertz CT molecular complexity index is 838. The summed E-state index contributed by atoms with van der Waals surface area (Å²) in [5, 5.41) is 12.0. The van der Waals surface area contributed by atoms with Gasteiger partial charge in [-0.25, -0.2) is 5.10 Å². The number of aromatic amines is 1. The summed E-state index contributed by atoms with van der Waals surface area (Å²) in [6.45, 7) is 0. The summed E-state index contributed by atoms with van der Waals surface area (Å²) >= 11 is 11.2. The van der Waals surface area contributed by atoms with Gasteiger partial charge in [0.1, 0.15) is 0 Å². The van der Waals surface area contributed by atoms with Gasteiger partial charge < -0.3 is 0 Å². The molecule has 2 aromatic heterocycles. The molecule has 0 amide bonds. The largest absolute Gasteiger partial charge is 0.265 e. The lowest BCUT2D eigenvalue weighted by molar-refractivity contribution is 0.871.